The van der Waals surface area contributed by atoms with Gasteiger partial charge in [-0.1, -0.05) is 112 Å². The van der Waals surface area contributed by atoms with Crippen LogP contribution >= 0.6 is 15.2 Å². The number of nitrogens with one attached hydrogen (secondary N) is 2. The lowest BCUT2D eigenvalue weighted by Gasteiger charge is -2.33. The maximum atomic E-state index is 14.2. The second-order valence-electron chi connectivity index (χ2n) is 27.2. The van der Waals surface area contributed by atoms with Gasteiger partial charge in [0.05, 0.1) is 99.8 Å². The van der Waals surface area contributed by atoms with Crippen LogP contribution in [0.1, 0.15) is 77.3 Å². The molecule has 6 N–H and O–H groups in total. The molecule has 0 unspecified atom stereocenters. The van der Waals surface area contributed by atoms with Crippen LogP contribution in [0.25, 0.3) is 0 Å². The monoisotopic (exact) mass is 1500 g/mol. The second-order valence-corrected chi connectivity index (χ2v) is 34.7. The van der Waals surface area contributed by atoms with Crippen LogP contribution in [0.5, 0.6) is 11.5 Å². The average Bonchev–Trinajstić information content (AvgIpc) is 0.924. The molecule has 10 atom stereocenters. The minimum absolute atomic E-state index is 0.0461. The molecule has 4 fully saturated rings. The van der Waals surface area contributed by atoms with Gasteiger partial charge >= 0.3 is 27.4 Å². The van der Waals surface area contributed by atoms with Crippen LogP contribution in [0.3, 0.4) is 0 Å². The molecule has 564 valence electrons. The molecule has 6 aliphatic heterocycles. The maximum Gasteiger partial charge on any atom is 0.407 e. The molecular weight excluding hydrogens is 1400 g/mol. The van der Waals surface area contributed by atoms with Gasteiger partial charge in [-0.2, -0.15) is 8.61 Å². The van der Waals surface area contributed by atoms with Crippen molar-refractivity contribution in [2.45, 2.75) is 138 Å². The van der Waals surface area contributed by atoms with E-state index >= 15 is 0 Å². The molecule has 0 spiro atoms. The number of aliphatic hydroxyl groups is 2. The first kappa shape index (κ1) is 80.4. The predicted octanol–water partition coefficient (Wildman–Crippen LogP) is 7.88. The zero-order valence-electron chi connectivity index (χ0n) is 58.7. The molecule has 0 aromatic heterocycles. The largest absolute Gasteiger partial charge is 0.497 e. The molecule has 0 bridgehead atoms. The summed E-state index contributed by atoms with van der Waals surface area (Å²) in [7, 11) is -12.9. The molecule has 28 nitrogen and oxygen atoms in total. The first-order valence-corrected chi connectivity index (χ1v) is 40.9. The minimum Gasteiger partial charge on any atom is -0.497 e. The summed E-state index contributed by atoms with van der Waals surface area (Å²) in [6, 6.07) is 29.3. The Balaban J connectivity index is 0.000000247. The summed E-state index contributed by atoms with van der Waals surface area (Å²) in [5.41, 5.74) is 3.55. The number of nitrogens with zero attached hydrogens (tertiary/aromatic N) is 4. The highest BCUT2D eigenvalue weighted by atomic mass is 32.2. The van der Waals surface area contributed by atoms with Crippen molar-refractivity contribution in [1.29, 1.82) is 0 Å². The molecule has 0 aliphatic carbocycles. The fraction of sp³-hybridized carbons (Fsp3) is 0.571. The number of rotatable bonds is 34. The smallest absolute Gasteiger partial charge is 0.407 e. The van der Waals surface area contributed by atoms with Crippen LogP contribution in [-0.2, 0) is 79.9 Å². The molecule has 10 rings (SSSR count). The number of carbonyl (C=O) groups is 2. The Morgan fingerprint density at radius 2 is 0.961 bits per heavy atom. The van der Waals surface area contributed by atoms with Crippen LogP contribution in [-0.4, -0.2) is 222 Å². The van der Waals surface area contributed by atoms with Gasteiger partial charge < -0.3 is 77.6 Å². The lowest BCUT2D eigenvalue weighted by Crippen LogP contribution is -2.51. The van der Waals surface area contributed by atoms with Gasteiger partial charge in [-0.05, 0) is 110 Å². The number of hydrogen-bond donors (Lipinski definition) is 6. The van der Waals surface area contributed by atoms with Crippen molar-refractivity contribution in [1.82, 2.24) is 29.0 Å². The highest BCUT2D eigenvalue weighted by Crippen LogP contribution is 2.51. The summed E-state index contributed by atoms with van der Waals surface area (Å²) in [5, 5.41) is 29.0. The number of carbonyl (C=O) groups excluding carboxylic acids is 2. The highest BCUT2D eigenvalue weighted by Gasteiger charge is 2.46. The van der Waals surface area contributed by atoms with Gasteiger partial charge in [-0.3, -0.25) is 18.9 Å². The van der Waals surface area contributed by atoms with Crippen LogP contribution in [0, 0.1) is 23.7 Å². The fourth-order valence-corrected chi connectivity index (χ4v) is 18.6. The third kappa shape index (κ3) is 23.7. The van der Waals surface area contributed by atoms with Crippen molar-refractivity contribution in [3.8, 4) is 11.5 Å². The second kappa shape index (κ2) is 37.5. The van der Waals surface area contributed by atoms with E-state index in [9.17, 15) is 55.6 Å². The van der Waals surface area contributed by atoms with Crippen molar-refractivity contribution in [2.75, 3.05) is 106 Å². The number of alkyl carbamates (subject to hydrolysis) is 2. The lowest BCUT2D eigenvalue weighted by atomic mass is 9.96. The van der Waals surface area contributed by atoms with Gasteiger partial charge in [-0.15, -0.1) is 0 Å². The normalized spacial score (nSPS) is 22.4. The number of benzene rings is 4. The number of amides is 2. The Hall–Kier alpha value is -5.70. The molecule has 102 heavy (non-hydrogen) atoms. The molecule has 0 radical (unpaired) electrons. The van der Waals surface area contributed by atoms with Gasteiger partial charge in [0.15, 0.2) is 12.6 Å². The van der Waals surface area contributed by atoms with E-state index < -0.39 is 96.5 Å². The Morgan fingerprint density at radius 1 is 0.569 bits per heavy atom. The van der Waals surface area contributed by atoms with Crippen molar-refractivity contribution in [3.05, 3.63) is 144 Å². The predicted molar refractivity (Wildman–Crippen MR) is 377 cm³/mol. The summed E-state index contributed by atoms with van der Waals surface area (Å²) < 4.78 is 140. The molecule has 4 aromatic rings. The highest BCUT2D eigenvalue weighted by molar-refractivity contribution is 7.89. The quantitative estimate of drug-likeness (QED) is 0.0191. The fourth-order valence-electron chi connectivity index (χ4n) is 12.9. The van der Waals surface area contributed by atoms with E-state index in [-0.39, 0.29) is 111 Å². The van der Waals surface area contributed by atoms with E-state index in [2.05, 4.69) is 10.6 Å². The number of methoxy groups -OCH3 is 2. The van der Waals surface area contributed by atoms with E-state index in [0.717, 1.165) is 22.3 Å². The van der Waals surface area contributed by atoms with E-state index in [4.69, 9.17) is 46.9 Å². The summed E-state index contributed by atoms with van der Waals surface area (Å²) in [6.45, 7) is 10.5. The SMILES string of the molecule is COc1ccc(S(=O)(=O)N(CC(C)C)C[C@@H](O)[C@H](CC2=CCN(CP(=O)(O)O)CC2)NC(=O)O[C@H]2CO[C@H]3OCC[C@H]32)cc1.COc1ccc(S(=O)(=O)N(CC(C)C)C[C@@H](O)[C@H](CC2=CCN(CP(=O)(OCc3ccccc3)OCc3ccccc3)CC2)NC(=O)O[C@H]2CO[C@H]3OCC[C@H]32)cc1. The number of ether oxygens (including phenoxy) is 8. The summed E-state index contributed by atoms with van der Waals surface area (Å²) in [6.07, 6.45) is 0.349. The molecule has 6 aliphatic rings. The molecule has 4 aromatic carbocycles. The standard InChI is InChI=1S/C42H56N3O11PS.C28H44N3O11PS/c1-31(2)25-45(58(49,50)36-16-14-35(51-3)15-17-36)26-39(46)38(43-42(47)56-40-29-53-41-37(40)20-23-52-41)24-32-18-21-44(22-19-32)30-57(48,54-27-33-10-6-4-7-11-33)55-28-34-12-8-5-9-13-34;1-19(2)15-31(44(37,38)22-6-4-21(39-3)5-7-22)16-25(32)24(14-20-8-11-30(12-9-20)18-43(34,35)36)29-28(33)42-26-17-41-27-23(26)10-13-40-27/h4-18,31,37-41,46H,19-30H2,1-3H3,(H,43,47);4-8,19,23-27,32H,9-18H2,1-3H3,(H,29,33)(H2,34,35,36)/t37-,38-,39+,40-,41+;23-,24-,25+,26-,27+/m00/s1. The first-order valence-electron chi connectivity index (χ1n) is 34.5. The third-order valence-corrected chi connectivity index (χ3v) is 24.6. The Kier molecular flexibility index (Phi) is 29.6. The lowest BCUT2D eigenvalue weighted by molar-refractivity contribution is -0.0909. The van der Waals surface area contributed by atoms with Gasteiger partial charge in [0.2, 0.25) is 20.0 Å². The average molecular weight is 1500 g/mol. The van der Waals surface area contributed by atoms with Gasteiger partial charge in [0.1, 0.15) is 36.3 Å². The number of hydrogen-bond acceptors (Lipinski definition) is 22. The number of aliphatic hydroxyl groups excluding tert-OH is 2. The summed E-state index contributed by atoms with van der Waals surface area (Å²) in [5.74, 6) is 0.740. The van der Waals surface area contributed by atoms with Gasteiger partial charge in [0.25, 0.3) is 0 Å². The van der Waals surface area contributed by atoms with Crippen LogP contribution in [0.2, 0.25) is 0 Å². The zero-order chi connectivity index (χ0) is 73.2. The molecule has 6 heterocycles. The van der Waals surface area contributed by atoms with Crippen LogP contribution in [0.15, 0.2) is 142 Å². The molecular formula is C70H100N6O22P2S2. The minimum atomic E-state index is -4.22. The Bertz CT molecular complexity index is 3680. The van der Waals surface area contributed by atoms with E-state index in [1.165, 1.54) is 47.1 Å². The topological polar surface area (TPSA) is 347 Å². The Labute approximate surface area is 598 Å². The summed E-state index contributed by atoms with van der Waals surface area (Å²) >= 11 is 0. The van der Waals surface area contributed by atoms with Crippen LogP contribution in [0.4, 0.5) is 9.59 Å². The van der Waals surface area contributed by atoms with Crippen molar-refractivity contribution < 1.29 is 102 Å². The first-order chi connectivity index (χ1) is 48.6. The van der Waals surface area contributed by atoms with Crippen molar-refractivity contribution in [3.63, 3.8) is 0 Å². The van der Waals surface area contributed by atoms with E-state index in [1.807, 2.05) is 105 Å². The zero-order valence-corrected chi connectivity index (χ0v) is 62.1. The van der Waals surface area contributed by atoms with E-state index in [1.54, 1.807) is 29.2 Å². The Morgan fingerprint density at radius 3 is 1.31 bits per heavy atom. The molecule has 2 amide bonds. The molecule has 0 saturated carbocycles. The molecule has 32 heteroatoms. The van der Waals surface area contributed by atoms with E-state index in [0.29, 0.717) is 76.6 Å². The van der Waals surface area contributed by atoms with Crippen LogP contribution < -0.4 is 20.1 Å². The van der Waals surface area contributed by atoms with Crippen molar-refractivity contribution >= 4 is 47.4 Å². The number of fused-ring (bicyclic) bond motifs is 2. The van der Waals surface area contributed by atoms with Gasteiger partial charge in [-0.25, -0.2) is 26.4 Å². The maximum absolute atomic E-state index is 14.2. The third-order valence-electron chi connectivity index (χ3n) is 18.4. The summed E-state index contributed by atoms with van der Waals surface area (Å²) in [4.78, 5) is 48.9. The van der Waals surface area contributed by atoms with Gasteiger partial charge in [0, 0.05) is 52.4 Å². The van der Waals surface area contributed by atoms with Crippen molar-refractivity contribution in [2.24, 2.45) is 23.7 Å². The number of sulfonamides is 2. The molecule has 4 saturated heterocycles.